The molecule has 0 saturated heterocycles. The molecule has 0 bridgehead atoms. The number of rotatable bonds is 5. The van der Waals surface area contributed by atoms with E-state index < -0.39 is 0 Å². The average Bonchev–Trinajstić information content (AvgIpc) is 2.13. The lowest BCUT2D eigenvalue weighted by atomic mass is 9.91. The number of amides is 2. The third-order valence-electron chi connectivity index (χ3n) is 2.85. The normalized spacial score (nSPS) is 11.4. The molecule has 0 atom stereocenters. The van der Waals surface area contributed by atoms with Gasteiger partial charge in [-0.05, 0) is 19.8 Å². The van der Waals surface area contributed by atoms with Crippen molar-refractivity contribution in [3.8, 4) is 0 Å². The van der Waals surface area contributed by atoms with Gasteiger partial charge in [0.05, 0.1) is 5.54 Å². The number of nitrogens with two attached hydrogens (primary N) is 2. The number of hydrogen-bond donors (Lipinski definition) is 2. The SMILES string of the molecule is CCN(C(N)=O)C(CC)(CC)CN. The van der Waals surface area contributed by atoms with Gasteiger partial charge in [-0.2, -0.15) is 0 Å². The fourth-order valence-corrected chi connectivity index (χ4v) is 1.76. The van der Waals surface area contributed by atoms with Gasteiger partial charge >= 0.3 is 6.03 Å². The van der Waals surface area contributed by atoms with E-state index in [1.807, 2.05) is 20.8 Å². The van der Waals surface area contributed by atoms with Crippen LogP contribution in [0.3, 0.4) is 0 Å². The second-order valence-corrected chi connectivity index (χ2v) is 3.22. The van der Waals surface area contributed by atoms with Crippen molar-refractivity contribution >= 4 is 6.03 Å². The first-order chi connectivity index (χ1) is 6.07. The number of likely N-dealkylation sites (N-methyl/N-ethyl adjacent to an activating group) is 1. The average molecular weight is 187 g/mol. The van der Waals surface area contributed by atoms with Gasteiger partial charge in [-0.15, -0.1) is 0 Å². The number of urea groups is 1. The van der Waals surface area contributed by atoms with Crippen LogP contribution in [0, 0.1) is 0 Å². The summed E-state index contributed by atoms with van der Waals surface area (Å²) in [5.74, 6) is 0. The summed E-state index contributed by atoms with van der Waals surface area (Å²) in [5.41, 5.74) is 10.7. The molecule has 0 fully saturated rings. The zero-order valence-electron chi connectivity index (χ0n) is 8.84. The minimum atomic E-state index is -0.378. The van der Waals surface area contributed by atoms with Gasteiger partial charge in [0.1, 0.15) is 0 Å². The molecule has 0 saturated carbocycles. The molecule has 0 radical (unpaired) electrons. The Kier molecular flexibility index (Phi) is 4.77. The molecule has 0 aliphatic carbocycles. The van der Waals surface area contributed by atoms with E-state index in [2.05, 4.69) is 0 Å². The van der Waals surface area contributed by atoms with Gasteiger partial charge in [0.15, 0.2) is 0 Å². The van der Waals surface area contributed by atoms with Crippen LogP contribution in [0.15, 0.2) is 0 Å². The van der Waals surface area contributed by atoms with Gasteiger partial charge in [-0.3, -0.25) is 0 Å². The Morgan fingerprint density at radius 3 is 1.85 bits per heavy atom. The fourth-order valence-electron chi connectivity index (χ4n) is 1.76. The fraction of sp³-hybridized carbons (Fsp3) is 0.889. The molecule has 0 aliphatic rings. The quantitative estimate of drug-likeness (QED) is 0.671. The van der Waals surface area contributed by atoms with Gasteiger partial charge in [-0.1, -0.05) is 13.8 Å². The highest BCUT2D eigenvalue weighted by atomic mass is 16.2. The lowest BCUT2D eigenvalue weighted by Crippen LogP contribution is -2.57. The van der Waals surface area contributed by atoms with E-state index in [1.54, 1.807) is 4.90 Å². The van der Waals surface area contributed by atoms with Gasteiger partial charge in [0, 0.05) is 13.1 Å². The Bertz CT molecular complexity index is 158. The summed E-state index contributed by atoms with van der Waals surface area (Å²) >= 11 is 0. The van der Waals surface area contributed by atoms with E-state index in [0.29, 0.717) is 13.1 Å². The maximum absolute atomic E-state index is 11.1. The second kappa shape index (κ2) is 5.07. The van der Waals surface area contributed by atoms with Crippen molar-refractivity contribution in [1.82, 2.24) is 4.90 Å². The molecule has 4 nitrogen and oxygen atoms in total. The van der Waals surface area contributed by atoms with E-state index >= 15 is 0 Å². The van der Waals surface area contributed by atoms with Crippen molar-refractivity contribution in [3.63, 3.8) is 0 Å². The molecule has 78 valence electrons. The zero-order valence-corrected chi connectivity index (χ0v) is 8.84. The minimum absolute atomic E-state index is 0.249. The number of hydrogen-bond acceptors (Lipinski definition) is 2. The van der Waals surface area contributed by atoms with Crippen molar-refractivity contribution in [3.05, 3.63) is 0 Å². The Morgan fingerprint density at radius 1 is 1.31 bits per heavy atom. The van der Waals surface area contributed by atoms with Crippen molar-refractivity contribution in [2.45, 2.75) is 39.2 Å². The number of carbonyl (C=O) groups excluding carboxylic acids is 1. The molecule has 4 heteroatoms. The third kappa shape index (κ3) is 2.34. The molecule has 0 aliphatic heterocycles. The summed E-state index contributed by atoms with van der Waals surface area (Å²) in [6.07, 6.45) is 1.69. The molecule has 0 aromatic heterocycles. The Hall–Kier alpha value is -0.770. The molecule has 0 aromatic carbocycles. The molecule has 0 spiro atoms. The molecule has 13 heavy (non-hydrogen) atoms. The van der Waals surface area contributed by atoms with Gasteiger partial charge in [0.25, 0.3) is 0 Å². The molecule has 0 heterocycles. The first kappa shape index (κ1) is 12.2. The van der Waals surface area contributed by atoms with Crippen molar-refractivity contribution < 1.29 is 4.79 Å². The third-order valence-corrected chi connectivity index (χ3v) is 2.85. The predicted octanol–water partition coefficient (Wildman–Crippen LogP) is 0.904. The highest BCUT2D eigenvalue weighted by Gasteiger charge is 2.33. The Morgan fingerprint density at radius 2 is 1.77 bits per heavy atom. The van der Waals surface area contributed by atoms with Crippen LogP contribution in [0.5, 0.6) is 0 Å². The van der Waals surface area contributed by atoms with Crippen LogP contribution in [0.1, 0.15) is 33.6 Å². The lowest BCUT2D eigenvalue weighted by Gasteiger charge is -2.40. The topological polar surface area (TPSA) is 72.3 Å². The van der Waals surface area contributed by atoms with Gasteiger partial charge in [-0.25, -0.2) is 4.79 Å². The molecule has 2 amide bonds. The van der Waals surface area contributed by atoms with Gasteiger partial charge < -0.3 is 16.4 Å². The number of primary amides is 1. The Balaban J connectivity index is 4.76. The zero-order chi connectivity index (χ0) is 10.5. The summed E-state index contributed by atoms with van der Waals surface area (Å²) in [5, 5.41) is 0. The van der Waals surface area contributed by atoms with E-state index in [0.717, 1.165) is 12.8 Å². The summed E-state index contributed by atoms with van der Waals surface area (Å²) in [7, 11) is 0. The van der Waals surface area contributed by atoms with Crippen molar-refractivity contribution in [1.29, 1.82) is 0 Å². The summed E-state index contributed by atoms with van der Waals surface area (Å²) in [6.45, 7) is 7.06. The van der Waals surface area contributed by atoms with Crippen LogP contribution in [0.2, 0.25) is 0 Å². The molecular formula is C9H21N3O. The van der Waals surface area contributed by atoms with Crippen LogP contribution < -0.4 is 11.5 Å². The standard InChI is InChI=1S/C9H21N3O/c1-4-9(5-2,7-10)12(6-3)8(11)13/h4-7,10H2,1-3H3,(H2,11,13). The van der Waals surface area contributed by atoms with E-state index in [-0.39, 0.29) is 11.6 Å². The van der Waals surface area contributed by atoms with E-state index in [4.69, 9.17) is 11.5 Å². The number of carbonyl (C=O) groups is 1. The van der Waals surface area contributed by atoms with E-state index in [9.17, 15) is 4.79 Å². The minimum Gasteiger partial charge on any atom is -0.351 e. The summed E-state index contributed by atoms with van der Waals surface area (Å²) < 4.78 is 0. The first-order valence-electron chi connectivity index (χ1n) is 4.85. The highest BCUT2D eigenvalue weighted by molar-refractivity contribution is 5.73. The van der Waals surface area contributed by atoms with Crippen LogP contribution in [-0.4, -0.2) is 29.6 Å². The van der Waals surface area contributed by atoms with E-state index in [1.165, 1.54) is 0 Å². The van der Waals surface area contributed by atoms with Crippen LogP contribution in [-0.2, 0) is 0 Å². The summed E-state index contributed by atoms with van der Waals surface area (Å²) in [4.78, 5) is 12.8. The largest absolute Gasteiger partial charge is 0.351 e. The van der Waals surface area contributed by atoms with Crippen LogP contribution in [0.25, 0.3) is 0 Å². The maximum atomic E-state index is 11.1. The molecular weight excluding hydrogens is 166 g/mol. The van der Waals surface area contributed by atoms with Crippen molar-refractivity contribution in [2.75, 3.05) is 13.1 Å². The van der Waals surface area contributed by atoms with Gasteiger partial charge in [0.2, 0.25) is 0 Å². The monoisotopic (exact) mass is 187 g/mol. The Labute approximate surface area is 80.3 Å². The van der Waals surface area contributed by atoms with Crippen LogP contribution >= 0.6 is 0 Å². The molecule has 4 N–H and O–H groups in total. The predicted molar refractivity (Wildman–Crippen MR) is 54.3 cm³/mol. The second-order valence-electron chi connectivity index (χ2n) is 3.22. The molecule has 0 rings (SSSR count). The lowest BCUT2D eigenvalue weighted by molar-refractivity contribution is 0.119. The first-order valence-corrected chi connectivity index (χ1v) is 4.85. The molecule has 0 unspecified atom stereocenters. The van der Waals surface area contributed by atoms with Crippen LogP contribution in [0.4, 0.5) is 4.79 Å². The maximum Gasteiger partial charge on any atom is 0.315 e. The smallest absolute Gasteiger partial charge is 0.315 e. The highest BCUT2D eigenvalue weighted by Crippen LogP contribution is 2.22. The molecule has 0 aromatic rings. The number of nitrogens with zero attached hydrogens (tertiary/aromatic N) is 1. The van der Waals surface area contributed by atoms with Crippen molar-refractivity contribution in [2.24, 2.45) is 11.5 Å². The summed E-state index contributed by atoms with van der Waals surface area (Å²) in [6, 6.07) is -0.378.